The van der Waals surface area contributed by atoms with E-state index in [-0.39, 0.29) is 17.8 Å². The highest BCUT2D eigenvalue weighted by molar-refractivity contribution is 5.73. The highest BCUT2D eigenvalue weighted by Crippen LogP contribution is 2.46. The number of carbonyl (C=O) groups excluding carboxylic acids is 1. The highest BCUT2D eigenvalue weighted by atomic mass is 19.1. The number of rotatable bonds is 7. The van der Waals surface area contributed by atoms with E-state index in [0.29, 0.717) is 18.6 Å². The minimum Gasteiger partial charge on any atom is -0.482 e. The number of amides is 1. The van der Waals surface area contributed by atoms with E-state index in [2.05, 4.69) is 5.32 Å². The van der Waals surface area contributed by atoms with Crippen LogP contribution in [0.25, 0.3) is 0 Å². The van der Waals surface area contributed by atoms with Gasteiger partial charge in [-0.25, -0.2) is 9.18 Å². The van der Waals surface area contributed by atoms with Gasteiger partial charge in [-0.05, 0) is 48.7 Å². The van der Waals surface area contributed by atoms with Gasteiger partial charge in [-0.1, -0.05) is 25.1 Å². The average molecular weight is 429 g/mol. The Hall–Kier alpha value is -2.93. The minimum atomic E-state index is -1.07. The third-order valence-electron chi connectivity index (χ3n) is 5.50. The number of halogens is 1. The summed E-state index contributed by atoms with van der Waals surface area (Å²) < 4.78 is 25.4. The van der Waals surface area contributed by atoms with Crippen LogP contribution in [0.15, 0.2) is 42.5 Å². The average Bonchev–Trinajstić information content (AvgIpc) is 2.71. The predicted octanol–water partition coefficient (Wildman–Crippen LogP) is 4.34. The van der Waals surface area contributed by atoms with Crippen molar-refractivity contribution >= 4 is 11.9 Å². The molecule has 0 saturated carbocycles. The number of hydrogen-bond acceptors (Lipinski definition) is 4. The lowest BCUT2D eigenvalue weighted by molar-refractivity contribution is -0.139. The fraction of sp³-hybridized carbons (Fsp3) is 0.417. The van der Waals surface area contributed by atoms with Gasteiger partial charge in [-0.3, -0.25) is 4.79 Å². The third kappa shape index (κ3) is 5.82. The van der Waals surface area contributed by atoms with Crippen molar-refractivity contribution in [2.24, 2.45) is 0 Å². The first-order valence-electron chi connectivity index (χ1n) is 10.4. The molecule has 166 valence electrons. The molecule has 2 aromatic carbocycles. The minimum absolute atomic E-state index is 0.148. The predicted molar refractivity (Wildman–Crippen MR) is 113 cm³/mol. The zero-order chi connectivity index (χ0) is 22.6. The Balaban J connectivity index is 2.00. The zero-order valence-electron chi connectivity index (χ0n) is 18.0. The summed E-state index contributed by atoms with van der Waals surface area (Å²) >= 11 is 0. The fourth-order valence-electron chi connectivity index (χ4n) is 4.12. The van der Waals surface area contributed by atoms with Gasteiger partial charge in [-0.15, -0.1) is 0 Å². The molecule has 0 unspecified atom stereocenters. The lowest BCUT2D eigenvalue weighted by Crippen LogP contribution is -2.50. The Kier molecular flexibility index (Phi) is 6.95. The van der Waals surface area contributed by atoms with Crippen LogP contribution in [0.2, 0.25) is 0 Å². The van der Waals surface area contributed by atoms with Crippen molar-refractivity contribution in [2.45, 2.75) is 57.8 Å². The van der Waals surface area contributed by atoms with E-state index < -0.39 is 24.2 Å². The second-order valence-corrected chi connectivity index (χ2v) is 8.22. The van der Waals surface area contributed by atoms with Crippen LogP contribution in [-0.4, -0.2) is 29.1 Å². The number of carbonyl (C=O) groups is 2. The van der Waals surface area contributed by atoms with E-state index in [0.717, 1.165) is 23.1 Å². The van der Waals surface area contributed by atoms with Crippen LogP contribution in [0.4, 0.5) is 4.39 Å². The smallest absolute Gasteiger partial charge is 0.341 e. The van der Waals surface area contributed by atoms with Crippen molar-refractivity contribution < 1.29 is 28.6 Å². The van der Waals surface area contributed by atoms with Crippen LogP contribution in [0.3, 0.4) is 0 Å². The molecule has 3 atom stereocenters. The number of hydrogen-bond donors (Lipinski definition) is 2. The molecule has 0 aliphatic carbocycles. The summed E-state index contributed by atoms with van der Waals surface area (Å²) in [4.78, 5) is 22.9. The van der Waals surface area contributed by atoms with Crippen LogP contribution < -0.4 is 10.1 Å². The molecule has 3 rings (SSSR count). The molecule has 0 bridgehead atoms. The molecule has 0 radical (unpaired) electrons. The van der Waals surface area contributed by atoms with Crippen LogP contribution in [-0.2, 0) is 20.7 Å². The Bertz CT molecular complexity index is 945. The van der Waals surface area contributed by atoms with Crippen LogP contribution in [0, 0.1) is 5.82 Å². The van der Waals surface area contributed by atoms with Crippen LogP contribution >= 0.6 is 0 Å². The molecule has 2 N–H and O–H groups in total. The fourth-order valence-corrected chi connectivity index (χ4v) is 4.12. The summed E-state index contributed by atoms with van der Waals surface area (Å²) in [6.07, 6.45) is 0.974. The van der Waals surface area contributed by atoms with Gasteiger partial charge >= 0.3 is 5.97 Å². The first-order chi connectivity index (χ1) is 14.7. The van der Waals surface area contributed by atoms with Crippen LogP contribution in [0.5, 0.6) is 5.75 Å². The first-order valence-corrected chi connectivity index (χ1v) is 10.4. The van der Waals surface area contributed by atoms with E-state index in [4.69, 9.17) is 14.6 Å². The third-order valence-corrected chi connectivity index (χ3v) is 5.50. The number of carboxylic acids is 1. The second kappa shape index (κ2) is 9.47. The highest BCUT2D eigenvalue weighted by Gasteiger charge is 2.40. The van der Waals surface area contributed by atoms with Crippen molar-refractivity contribution in [3.8, 4) is 5.75 Å². The summed E-state index contributed by atoms with van der Waals surface area (Å²) in [5.74, 6) is -1.11. The standard InChI is InChI=1S/C24H28FNO5/c1-4-16-5-10-20(30-14-23(28)29)19(11-16)22-13-24(3,26-15(2)27)12-21(31-22)17-6-8-18(25)9-7-17/h5-11,21-22H,4,12-14H2,1-3H3,(H,26,27)(H,28,29)/t21-,22+,24-/m0/s1. The molecule has 31 heavy (non-hydrogen) atoms. The number of carboxylic acid groups (broad SMARTS) is 1. The maximum atomic E-state index is 13.4. The van der Waals surface area contributed by atoms with Crippen molar-refractivity contribution in [2.75, 3.05) is 6.61 Å². The van der Waals surface area contributed by atoms with Gasteiger partial charge in [0.1, 0.15) is 11.6 Å². The number of aliphatic carboxylic acids is 1. The molecule has 1 heterocycles. The van der Waals surface area contributed by atoms with Crippen molar-refractivity contribution in [3.63, 3.8) is 0 Å². The first kappa shape index (κ1) is 22.7. The molecule has 1 saturated heterocycles. The Morgan fingerprint density at radius 2 is 1.87 bits per heavy atom. The molecule has 0 spiro atoms. The van der Waals surface area contributed by atoms with Crippen molar-refractivity contribution in [1.82, 2.24) is 5.32 Å². The Morgan fingerprint density at radius 1 is 1.19 bits per heavy atom. The van der Waals surface area contributed by atoms with E-state index in [9.17, 15) is 14.0 Å². The van der Waals surface area contributed by atoms with Gasteiger partial charge in [0.25, 0.3) is 0 Å². The molecule has 2 aromatic rings. The lowest BCUT2D eigenvalue weighted by Gasteiger charge is -2.43. The lowest BCUT2D eigenvalue weighted by atomic mass is 9.81. The molecule has 6 nitrogen and oxygen atoms in total. The topological polar surface area (TPSA) is 84.9 Å². The van der Waals surface area contributed by atoms with Crippen LogP contribution in [0.1, 0.15) is 62.5 Å². The van der Waals surface area contributed by atoms with E-state index in [1.807, 2.05) is 26.0 Å². The molecule has 1 aliphatic rings. The molecule has 1 aliphatic heterocycles. The van der Waals surface area contributed by atoms with Gasteiger partial charge in [-0.2, -0.15) is 0 Å². The molecule has 1 amide bonds. The SMILES string of the molecule is CCc1ccc(OCC(=O)O)c([C@H]2C[C@@](C)(NC(C)=O)C[C@@H](c3ccc(F)cc3)O2)c1. The van der Waals surface area contributed by atoms with Crippen molar-refractivity contribution in [3.05, 3.63) is 65.0 Å². The van der Waals surface area contributed by atoms with Gasteiger partial charge in [0.15, 0.2) is 6.61 Å². The molecular weight excluding hydrogens is 401 g/mol. The van der Waals surface area contributed by atoms with Gasteiger partial charge in [0.2, 0.25) is 5.91 Å². The summed E-state index contributed by atoms with van der Waals surface area (Å²) in [7, 11) is 0. The largest absolute Gasteiger partial charge is 0.482 e. The van der Waals surface area contributed by atoms with E-state index in [1.165, 1.54) is 19.1 Å². The quantitative estimate of drug-likeness (QED) is 0.684. The molecular formula is C24H28FNO5. The second-order valence-electron chi connectivity index (χ2n) is 8.22. The summed E-state index contributed by atoms with van der Waals surface area (Å²) in [6.45, 7) is 5.00. The molecule has 0 aromatic heterocycles. The zero-order valence-corrected chi connectivity index (χ0v) is 18.0. The normalized spacial score (nSPS) is 23.2. The van der Waals surface area contributed by atoms with E-state index in [1.54, 1.807) is 18.2 Å². The summed E-state index contributed by atoms with van der Waals surface area (Å²) in [6, 6.07) is 11.8. The van der Waals surface area contributed by atoms with Gasteiger partial charge < -0.3 is 19.9 Å². The Morgan fingerprint density at radius 3 is 2.48 bits per heavy atom. The maximum Gasteiger partial charge on any atom is 0.341 e. The number of ether oxygens (including phenoxy) is 2. The monoisotopic (exact) mass is 429 g/mol. The molecule has 1 fully saturated rings. The summed E-state index contributed by atoms with van der Waals surface area (Å²) in [5, 5.41) is 12.1. The number of nitrogens with one attached hydrogen (secondary N) is 1. The van der Waals surface area contributed by atoms with Gasteiger partial charge in [0, 0.05) is 30.9 Å². The number of benzene rings is 2. The maximum absolute atomic E-state index is 13.4. The van der Waals surface area contributed by atoms with E-state index >= 15 is 0 Å². The van der Waals surface area contributed by atoms with Gasteiger partial charge in [0.05, 0.1) is 12.2 Å². The Labute approximate surface area is 181 Å². The molecule has 7 heteroatoms. The number of aryl methyl sites for hydroxylation is 1. The van der Waals surface area contributed by atoms with Crippen molar-refractivity contribution in [1.29, 1.82) is 0 Å². The summed E-state index contributed by atoms with van der Waals surface area (Å²) in [5.41, 5.74) is 2.04.